The van der Waals surface area contributed by atoms with Crippen LogP contribution in [-0.2, 0) is 20.7 Å². The zero-order chi connectivity index (χ0) is 26.1. The lowest BCUT2D eigenvalue weighted by Gasteiger charge is -2.36. The molecule has 2 aromatic carbocycles. The Balaban J connectivity index is 1.87. The van der Waals surface area contributed by atoms with Crippen LogP contribution in [0.2, 0.25) is 0 Å². The van der Waals surface area contributed by atoms with Crippen molar-refractivity contribution in [3.63, 3.8) is 0 Å². The maximum atomic E-state index is 13.4. The van der Waals surface area contributed by atoms with Gasteiger partial charge in [-0.1, -0.05) is 37.3 Å². The molecule has 0 aromatic heterocycles. The Hall–Kier alpha value is -2.94. The third kappa shape index (κ3) is 7.53. The number of benzene rings is 2. The summed E-state index contributed by atoms with van der Waals surface area (Å²) in [6.45, 7) is 6.84. The Kier molecular flexibility index (Phi) is 10.3. The highest BCUT2D eigenvalue weighted by Gasteiger charge is 2.28. The maximum Gasteiger partial charge on any atom is 0.257 e. The SMILES string of the molecule is COCC(=O)Nc1ccc2c(c1)C(=O)N(C)C[C@H](OC)[C@@H](C)CN(CCc1ccccc1)[C@@H](C)CO2. The van der Waals surface area contributed by atoms with Gasteiger partial charge in [-0.05, 0) is 43.0 Å². The van der Waals surface area contributed by atoms with E-state index in [0.29, 0.717) is 30.2 Å². The van der Waals surface area contributed by atoms with Gasteiger partial charge in [-0.15, -0.1) is 0 Å². The molecule has 1 aliphatic rings. The number of anilines is 1. The molecule has 0 saturated heterocycles. The Morgan fingerprint density at radius 1 is 1.11 bits per heavy atom. The molecule has 0 aliphatic carbocycles. The van der Waals surface area contributed by atoms with Gasteiger partial charge in [0, 0.05) is 52.6 Å². The molecule has 3 atom stereocenters. The number of nitrogens with zero attached hydrogens (tertiary/aromatic N) is 2. The third-order valence-electron chi connectivity index (χ3n) is 6.66. The Morgan fingerprint density at radius 2 is 1.86 bits per heavy atom. The first-order valence-electron chi connectivity index (χ1n) is 12.4. The van der Waals surface area contributed by atoms with Crippen molar-refractivity contribution >= 4 is 17.5 Å². The van der Waals surface area contributed by atoms with Crippen LogP contribution in [0.1, 0.15) is 29.8 Å². The minimum atomic E-state index is -0.289. The second kappa shape index (κ2) is 13.4. The average molecular weight is 498 g/mol. The second-order valence-electron chi connectivity index (χ2n) is 9.52. The van der Waals surface area contributed by atoms with Gasteiger partial charge in [0.25, 0.3) is 5.91 Å². The molecule has 1 N–H and O–H groups in total. The zero-order valence-electron chi connectivity index (χ0n) is 22.0. The molecule has 8 nitrogen and oxygen atoms in total. The summed E-state index contributed by atoms with van der Waals surface area (Å²) in [7, 11) is 4.92. The average Bonchev–Trinajstić information content (AvgIpc) is 2.88. The molecule has 2 amide bonds. The topological polar surface area (TPSA) is 80.3 Å². The number of carbonyl (C=O) groups excluding carboxylic acids is 2. The van der Waals surface area contributed by atoms with Gasteiger partial charge in [0.2, 0.25) is 5.91 Å². The van der Waals surface area contributed by atoms with E-state index in [-0.39, 0.29) is 36.5 Å². The summed E-state index contributed by atoms with van der Waals surface area (Å²) in [5, 5.41) is 2.77. The molecule has 0 radical (unpaired) electrons. The van der Waals surface area contributed by atoms with E-state index in [0.717, 1.165) is 19.5 Å². The van der Waals surface area contributed by atoms with Crippen LogP contribution >= 0.6 is 0 Å². The van der Waals surface area contributed by atoms with Crippen LogP contribution in [0.15, 0.2) is 48.5 Å². The van der Waals surface area contributed by atoms with Crippen molar-refractivity contribution in [3.05, 3.63) is 59.7 Å². The van der Waals surface area contributed by atoms with Gasteiger partial charge in [0.05, 0.1) is 11.7 Å². The van der Waals surface area contributed by atoms with Gasteiger partial charge in [-0.25, -0.2) is 0 Å². The van der Waals surface area contributed by atoms with Crippen LogP contribution in [0.5, 0.6) is 5.75 Å². The molecule has 1 heterocycles. The van der Waals surface area contributed by atoms with E-state index < -0.39 is 0 Å². The van der Waals surface area contributed by atoms with Gasteiger partial charge < -0.3 is 24.4 Å². The summed E-state index contributed by atoms with van der Waals surface area (Å²) in [4.78, 5) is 29.5. The molecule has 0 bridgehead atoms. The van der Waals surface area contributed by atoms with Crippen LogP contribution in [0, 0.1) is 5.92 Å². The van der Waals surface area contributed by atoms with E-state index in [9.17, 15) is 9.59 Å². The van der Waals surface area contributed by atoms with Crippen LogP contribution in [-0.4, -0.2) is 87.9 Å². The number of rotatable bonds is 7. The number of fused-ring (bicyclic) bond motifs is 1. The van der Waals surface area contributed by atoms with Crippen molar-refractivity contribution in [2.45, 2.75) is 32.4 Å². The fourth-order valence-corrected chi connectivity index (χ4v) is 4.49. The highest BCUT2D eigenvalue weighted by Crippen LogP contribution is 2.26. The molecule has 1 aliphatic heterocycles. The number of methoxy groups -OCH3 is 2. The molecule has 2 aromatic rings. The van der Waals surface area contributed by atoms with E-state index >= 15 is 0 Å². The zero-order valence-corrected chi connectivity index (χ0v) is 22.0. The van der Waals surface area contributed by atoms with Gasteiger partial charge in [-0.2, -0.15) is 0 Å². The fourth-order valence-electron chi connectivity index (χ4n) is 4.49. The summed E-state index contributed by atoms with van der Waals surface area (Å²) in [5.41, 5.74) is 2.22. The van der Waals surface area contributed by atoms with Crippen molar-refractivity contribution in [3.8, 4) is 5.75 Å². The van der Waals surface area contributed by atoms with E-state index in [2.05, 4.69) is 48.3 Å². The number of hydrogen-bond donors (Lipinski definition) is 1. The van der Waals surface area contributed by atoms with Crippen LogP contribution < -0.4 is 10.1 Å². The first-order chi connectivity index (χ1) is 17.3. The first-order valence-corrected chi connectivity index (χ1v) is 12.4. The van der Waals surface area contributed by atoms with Crippen LogP contribution in [0.3, 0.4) is 0 Å². The van der Waals surface area contributed by atoms with Gasteiger partial charge >= 0.3 is 0 Å². The molecule has 0 saturated carbocycles. The molecule has 8 heteroatoms. The van der Waals surface area contributed by atoms with E-state index in [1.165, 1.54) is 12.7 Å². The normalized spacial score (nSPS) is 21.6. The molecule has 3 rings (SSSR count). The van der Waals surface area contributed by atoms with Crippen molar-refractivity contribution < 1.29 is 23.8 Å². The van der Waals surface area contributed by atoms with E-state index in [1.54, 1.807) is 37.3 Å². The molecular formula is C28H39N3O5. The van der Waals surface area contributed by atoms with Crippen molar-refractivity contribution in [2.24, 2.45) is 5.92 Å². The summed E-state index contributed by atoms with van der Waals surface area (Å²) < 4.78 is 16.9. The summed E-state index contributed by atoms with van der Waals surface area (Å²) in [6, 6.07) is 15.7. The smallest absolute Gasteiger partial charge is 0.257 e. The van der Waals surface area contributed by atoms with Gasteiger partial charge in [0.1, 0.15) is 19.0 Å². The highest BCUT2D eigenvalue weighted by molar-refractivity contribution is 5.99. The standard InChI is InChI=1S/C28H39N3O5/c1-20-16-31(14-13-22-9-7-6-8-10-22)21(2)18-36-25-12-11-23(29-27(32)19-34-4)15-24(25)28(33)30(3)17-26(20)35-5/h6-12,15,20-21,26H,13-14,16-19H2,1-5H3,(H,29,32)/t20-,21-,26-/m0/s1. The minimum Gasteiger partial charge on any atom is -0.491 e. The van der Waals surface area contributed by atoms with Crippen molar-refractivity contribution in [1.29, 1.82) is 0 Å². The first kappa shape index (κ1) is 27.6. The molecule has 0 unspecified atom stereocenters. The van der Waals surface area contributed by atoms with Gasteiger partial charge in [0.15, 0.2) is 0 Å². The van der Waals surface area contributed by atoms with E-state index in [1.807, 2.05) is 6.07 Å². The lowest BCUT2D eigenvalue weighted by atomic mass is 10.0. The van der Waals surface area contributed by atoms with Crippen molar-refractivity contribution in [2.75, 3.05) is 59.4 Å². The van der Waals surface area contributed by atoms with E-state index in [4.69, 9.17) is 14.2 Å². The largest absolute Gasteiger partial charge is 0.491 e. The summed E-state index contributed by atoms with van der Waals surface area (Å²) in [6.07, 6.45) is 0.813. The summed E-state index contributed by atoms with van der Waals surface area (Å²) in [5.74, 6) is 0.218. The summed E-state index contributed by atoms with van der Waals surface area (Å²) >= 11 is 0. The Labute approximate surface area is 214 Å². The van der Waals surface area contributed by atoms with Crippen molar-refractivity contribution in [1.82, 2.24) is 9.80 Å². The number of amides is 2. The fraction of sp³-hybridized carbons (Fsp3) is 0.500. The highest BCUT2D eigenvalue weighted by atomic mass is 16.5. The molecule has 36 heavy (non-hydrogen) atoms. The third-order valence-corrected chi connectivity index (χ3v) is 6.66. The lowest BCUT2D eigenvalue weighted by molar-refractivity contribution is -0.119. The predicted molar refractivity (Wildman–Crippen MR) is 141 cm³/mol. The number of ether oxygens (including phenoxy) is 3. The maximum absolute atomic E-state index is 13.4. The van der Waals surface area contributed by atoms with Crippen LogP contribution in [0.4, 0.5) is 5.69 Å². The monoisotopic (exact) mass is 497 g/mol. The number of likely N-dealkylation sites (N-methyl/N-ethyl adjacent to an activating group) is 1. The number of hydrogen-bond acceptors (Lipinski definition) is 6. The minimum absolute atomic E-state index is 0.0643. The molecular weight excluding hydrogens is 458 g/mol. The number of carbonyl (C=O) groups is 2. The Morgan fingerprint density at radius 3 is 2.56 bits per heavy atom. The molecule has 196 valence electrons. The molecule has 0 spiro atoms. The lowest BCUT2D eigenvalue weighted by Crippen LogP contribution is -2.47. The second-order valence-corrected chi connectivity index (χ2v) is 9.52. The Bertz CT molecular complexity index is 1000. The van der Waals surface area contributed by atoms with Gasteiger partial charge in [-0.3, -0.25) is 14.5 Å². The predicted octanol–water partition coefficient (Wildman–Crippen LogP) is 3.32. The van der Waals surface area contributed by atoms with Crippen LogP contribution in [0.25, 0.3) is 0 Å². The molecule has 0 fully saturated rings. The number of nitrogens with one attached hydrogen (secondary N) is 1. The quantitative estimate of drug-likeness (QED) is 0.632.